The molecule has 0 rings (SSSR count). The Morgan fingerprint density at radius 1 is 1.36 bits per heavy atom. The van der Waals surface area contributed by atoms with E-state index in [2.05, 4.69) is 8.92 Å². The summed E-state index contributed by atoms with van der Waals surface area (Å²) in [6, 6.07) is 0. The summed E-state index contributed by atoms with van der Waals surface area (Å²) in [4.78, 5) is 10.3. The molecule has 0 aliphatic heterocycles. The summed E-state index contributed by atoms with van der Waals surface area (Å²) >= 11 is 0. The summed E-state index contributed by atoms with van der Waals surface area (Å²) in [5.41, 5.74) is 0. The summed E-state index contributed by atoms with van der Waals surface area (Å²) in [6.45, 7) is 1.64. The van der Waals surface area contributed by atoms with Crippen LogP contribution in [0.15, 0.2) is 12.2 Å². The fourth-order valence-corrected chi connectivity index (χ4v) is 0.945. The summed E-state index contributed by atoms with van der Waals surface area (Å²) in [6.07, 6.45) is 4.78. The van der Waals surface area contributed by atoms with Gasteiger partial charge in [0.25, 0.3) is 10.1 Å². The van der Waals surface area contributed by atoms with Gasteiger partial charge in [-0.2, -0.15) is 8.42 Å². The van der Waals surface area contributed by atoms with E-state index in [0.717, 1.165) is 6.26 Å². The Kier molecular flexibility index (Phi) is 6.14. The van der Waals surface area contributed by atoms with E-state index in [0.29, 0.717) is 13.0 Å². The highest BCUT2D eigenvalue weighted by atomic mass is 32.2. The second-order valence-corrected chi connectivity index (χ2v) is 4.23. The molecule has 0 atom stereocenters. The maximum atomic E-state index is 10.5. The molecule has 0 fully saturated rings. The molecule has 0 aliphatic carbocycles. The Morgan fingerprint density at radius 2 is 2.00 bits per heavy atom. The van der Waals surface area contributed by atoms with Crippen molar-refractivity contribution in [1.29, 1.82) is 0 Å². The monoisotopic (exact) mass is 222 g/mol. The molecule has 0 N–H and O–H groups in total. The predicted molar refractivity (Wildman–Crippen MR) is 51.2 cm³/mol. The van der Waals surface area contributed by atoms with Gasteiger partial charge in [-0.3, -0.25) is 8.98 Å². The van der Waals surface area contributed by atoms with Crippen LogP contribution in [0.4, 0.5) is 0 Å². The van der Waals surface area contributed by atoms with E-state index in [-0.39, 0.29) is 12.6 Å². The van der Waals surface area contributed by atoms with Gasteiger partial charge in [0, 0.05) is 6.92 Å². The molecule has 0 aliphatic rings. The van der Waals surface area contributed by atoms with Crippen molar-refractivity contribution in [3.8, 4) is 0 Å². The molecule has 0 heterocycles. The average molecular weight is 222 g/mol. The van der Waals surface area contributed by atoms with E-state index in [4.69, 9.17) is 0 Å². The molecule has 82 valence electrons. The van der Waals surface area contributed by atoms with Crippen molar-refractivity contribution in [2.75, 3.05) is 19.5 Å². The zero-order valence-electron chi connectivity index (χ0n) is 8.23. The van der Waals surface area contributed by atoms with E-state index in [1.54, 1.807) is 12.2 Å². The minimum absolute atomic E-state index is 0.0128. The standard InChI is InChI=1S/C8H14O5S/c1-8(9)12-6-4-3-5-7-13-14(2,10)11/h3,5H,4,6-7H2,1-2H3/b5-3+. The zero-order valence-corrected chi connectivity index (χ0v) is 9.04. The number of ether oxygens (including phenoxy) is 1. The highest BCUT2D eigenvalue weighted by Crippen LogP contribution is 1.90. The van der Waals surface area contributed by atoms with Gasteiger partial charge in [0.2, 0.25) is 0 Å². The summed E-state index contributed by atoms with van der Waals surface area (Å²) in [5.74, 6) is -0.328. The van der Waals surface area contributed by atoms with Crippen molar-refractivity contribution < 1.29 is 22.1 Å². The number of hydrogen-bond donors (Lipinski definition) is 0. The van der Waals surface area contributed by atoms with E-state index in [1.165, 1.54) is 6.92 Å². The largest absolute Gasteiger partial charge is 0.466 e. The molecule has 0 saturated heterocycles. The molecule has 6 heteroatoms. The second-order valence-electron chi connectivity index (χ2n) is 2.59. The maximum absolute atomic E-state index is 10.5. The molecular formula is C8H14O5S. The topological polar surface area (TPSA) is 69.7 Å². The van der Waals surface area contributed by atoms with E-state index in [1.807, 2.05) is 0 Å². The van der Waals surface area contributed by atoms with Gasteiger partial charge < -0.3 is 4.74 Å². The normalized spacial score (nSPS) is 11.9. The van der Waals surface area contributed by atoms with Gasteiger partial charge in [0.1, 0.15) is 0 Å². The van der Waals surface area contributed by atoms with Crippen LogP contribution in [0.5, 0.6) is 0 Å². The van der Waals surface area contributed by atoms with Crippen LogP contribution >= 0.6 is 0 Å². The van der Waals surface area contributed by atoms with Gasteiger partial charge in [0.15, 0.2) is 0 Å². The van der Waals surface area contributed by atoms with Gasteiger partial charge in [-0.15, -0.1) is 0 Å². The first-order chi connectivity index (χ1) is 6.42. The number of hydrogen-bond acceptors (Lipinski definition) is 5. The Bertz CT molecular complexity index is 291. The zero-order chi connectivity index (χ0) is 11.0. The van der Waals surface area contributed by atoms with Crippen LogP contribution in [0.2, 0.25) is 0 Å². The van der Waals surface area contributed by atoms with Crippen LogP contribution in [-0.2, 0) is 23.8 Å². The summed E-state index contributed by atoms with van der Waals surface area (Å²) < 4.78 is 30.0. The molecule has 0 bridgehead atoms. The van der Waals surface area contributed by atoms with Crippen LogP contribution in [0.3, 0.4) is 0 Å². The van der Waals surface area contributed by atoms with Gasteiger partial charge in [-0.25, -0.2) is 0 Å². The fraction of sp³-hybridized carbons (Fsp3) is 0.625. The molecule has 0 unspecified atom stereocenters. The predicted octanol–water partition coefficient (Wildman–Crippen LogP) is 0.472. The number of rotatable bonds is 6. The number of carbonyl (C=O) groups is 1. The first kappa shape index (κ1) is 13.1. The molecule has 14 heavy (non-hydrogen) atoms. The Hall–Kier alpha value is -0.880. The van der Waals surface area contributed by atoms with Crippen molar-refractivity contribution in [2.45, 2.75) is 13.3 Å². The summed E-state index contributed by atoms with van der Waals surface area (Å²) in [7, 11) is -3.37. The van der Waals surface area contributed by atoms with Gasteiger partial charge in [-0.05, 0) is 6.42 Å². The highest BCUT2D eigenvalue weighted by molar-refractivity contribution is 7.85. The van der Waals surface area contributed by atoms with Crippen molar-refractivity contribution in [3.63, 3.8) is 0 Å². The third kappa shape index (κ3) is 11.1. The maximum Gasteiger partial charge on any atom is 0.302 e. The Balaban J connectivity index is 3.42. The van der Waals surface area contributed by atoms with Crippen LogP contribution in [0, 0.1) is 0 Å². The van der Waals surface area contributed by atoms with Crippen LogP contribution in [-0.4, -0.2) is 33.9 Å². The van der Waals surface area contributed by atoms with Crippen molar-refractivity contribution >= 4 is 16.1 Å². The molecular weight excluding hydrogens is 208 g/mol. The van der Waals surface area contributed by atoms with Crippen molar-refractivity contribution in [2.24, 2.45) is 0 Å². The first-order valence-corrected chi connectivity index (χ1v) is 5.86. The van der Waals surface area contributed by atoms with E-state index >= 15 is 0 Å². The smallest absolute Gasteiger partial charge is 0.302 e. The minimum Gasteiger partial charge on any atom is -0.466 e. The van der Waals surface area contributed by atoms with Gasteiger partial charge >= 0.3 is 5.97 Å². The Morgan fingerprint density at radius 3 is 2.50 bits per heavy atom. The lowest BCUT2D eigenvalue weighted by Crippen LogP contribution is -2.02. The molecule has 0 radical (unpaired) electrons. The average Bonchev–Trinajstić information content (AvgIpc) is 2.00. The molecule has 0 aromatic rings. The number of esters is 1. The van der Waals surface area contributed by atoms with Crippen molar-refractivity contribution in [3.05, 3.63) is 12.2 Å². The molecule has 0 spiro atoms. The summed E-state index contributed by atoms with van der Waals surface area (Å²) in [5, 5.41) is 0. The van der Waals surface area contributed by atoms with E-state index in [9.17, 15) is 13.2 Å². The second kappa shape index (κ2) is 6.56. The quantitative estimate of drug-likeness (QED) is 0.283. The third-order valence-corrected chi connectivity index (χ3v) is 1.70. The molecule has 0 aromatic heterocycles. The van der Waals surface area contributed by atoms with E-state index < -0.39 is 10.1 Å². The molecule has 0 aromatic carbocycles. The fourth-order valence-electron chi connectivity index (χ4n) is 0.619. The SMILES string of the molecule is CC(=O)OCC/C=C/COS(C)(=O)=O. The minimum atomic E-state index is -3.37. The highest BCUT2D eigenvalue weighted by Gasteiger charge is 1.97. The van der Waals surface area contributed by atoms with Crippen LogP contribution < -0.4 is 0 Å². The molecule has 5 nitrogen and oxygen atoms in total. The molecule has 0 saturated carbocycles. The van der Waals surface area contributed by atoms with Crippen LogP contribution in [0.1, 0.15) is 13.3 Å². The third-order valence-electron chi connectivity index (χ3n) is 1.13. The van der Waals surface area contributed by atoms with Crippen molar-refractivity contribution in [1.82, 2.24) is 0 Å². The Labute approximate surface area is 83.8 Å². The van der Waals surface area contributed by atoms with Gasteiger partial charge in [-0.1, -0.05) is 12.2 Å². The van der Waals surface area contributed by atoms with Crippen LogP contribution in [0.25, 0.3) is 0 Å². The van der Waals surface area contributed by atoms with Gasteiger partial charge in [0.05, 0.1) is 19.5 Å². The number of carbonyl (C=O) groups excluding carboxylic acids is 1. The lowest BCUT2D eigenvalue weighted by molar-refractivity contribution is -0.140. The first-order valence-electron chi connectivity index (χ1n) is 4.04. The lowest BCUT2D eigenvalue weighted by atomic mass is 10.4. The lowest BCUT2D eigenvalue weighted by Gasteiger charge is -1.97. The molecule has 0 amide bonds.